The second kappa shape index (κ2) is 6.07. The number of alkyl halides is 2. The molecule has 0 amide bonds. The number of aliphatic hydroxyl groups is 1. The third-order valence-corrected chi connectivity index (χ3v) is 3.58. The van der Waals surface area contributed by atoms with Gasteiger partial charge >= 0.3 is 0 Å². The molecule has 1 aromatic carbocycles. The van der Waals surface area contributed by atoms with E-state index in [1.807, 2.05) is 0 Å². The maximum absolute atomic E-state index is 12.0. The number of rotatable bonds is 6. The van der Waals surface area contributed by atoms with Crippen LogP contribution in [-0.2, 0) is 16.6 Å². The SMILES string of the molecule is COc1ccc(S(=O)(=O)NCC(F)F)cc1CO. The van der Waals surface area contributed by atoms with Crippen molar-refractivity contribution >= 4 is 10.0 Å². The molecule has 0 fully saturated rings. The van der Waals surface area contributed by atoms with Crippen molar-refractivity contribution in [3.05, 3.63) is 23.8 Å². The van der Waals surface area contributed by atoms with E-state index >= 15 is 0 Å². The molecule has 0 aliphatic heterocycles. The number of ether oxygens (including phenoxy) is 1. The summed E-state index contributed by atoms with van der Waals surface area (Å²) >= 11 is 0. The summed E-state index contributed by atoms with van der Waals surface area (Å²) in [5.74, 6) is 0.324. The molecule has 8 heteroatoms. The van der Waals surface area contributed by atoms with Crippen molar-refractivity contribution in [1.29, 1.82) is 0 Å². The van der Waals surface area contributed by atoms with E-state index in [-0.39, 0.29) is 10.5 Å². The van der Waals surface area contributed by atoms with Crippen LogP contribution in [0.1, 0.15) is 5.56 Å². The van der Waals surface area contributed by atoms with Gasteiger partial charge in [0.2, 0.25) is 10.0 Å². The van der Waals surface area contributed by atoms with Gasteiger partial charge in [-0.05, 0) is 18.2 Å². The molecule has 0 saturated carbocycles. The molecule has 0 aliphatic carbocycles. The molecule has 18 heavy (non-hydrogen) atoms. The molecule has 102 valence electrons. The zero-order valence-corrected chi connectivity index (χ0v) is 10.4. The van der Waals surface area contributed by atoms with Crippen molar-refractivity contribution in [2.45, 2.75) is 17.9 Å². The lowest BCUT2D eigenvalue weighted by molar-refractivity contribution is 0.153. The summed E-state index contributed by atoms with van der Waals surface area (Å²) in [6.07, 6.45) is -2.77. The van der Waals surface area contributed by atoms with Crippen molar-refractivity contribution in [2.24, 2.45) is 0 Å². The van der Waals surface area contributed by atoms with E-state index in [0.717, 1.165) is 0 Å². The molecule has 0 unspecified atom stereocenters. The van der Waals surface area contributed by atoms with Crippen molar-refractivity contribution in [2.75, 3.05) is 13.7 Å². The molecule has 5 nitrogen and oxygen atoms in total. The van der Waals surface area contributed by atoms with E-state index in [2.05, 4.69) is 0 Å². The number of hydrogen-bond donors (Lipinski definition) is 2. The molecule has 0 aliphatic rings. The van der Waals surface area contributed by atoms with E-state index in [0.29, 0.717) is 5.75 Å². The number of methoxy groups -OCH3 is 1. The Morgan fingerprint density at radius 2 is 2.11 bits per heavy atom. The molecule has 0 radical (unpaired) electrons. The molecule has 0 spiro atoms. The van der Waals surface area contributed by atoms with Crippen LogP contribution < -0.4 is 9.46 Å². The Labute approximate surface area is 103 Å². The number of nitrogens with one attached hydrogen (secondary N) is 1. The van der Waals surface area contributed by atoms with Crippen LogP contribution in [0.2, 0.25) is 0 Å². The van der Waals surface area contributed by atoms with Crippen molar-refractivity contribution < 1.29 is 27.0 Å². The van der Waals surface area contributed by atoms with E-state index in [1.54, 1.807) is 4.72 Å². The van der Waals surface area contributed by atoms with E-state index < -0.39 is 29.6 Å². The van der Waals surface area contributed by atoms with Gasteiger partial charge in [-0.1, -0.05) is 0 Å². The second-order valence-electron chi connectivity index (χ2n) is 3.37. The summed E-state index contributed by atoms with van der Waals surface area (Å²) < 4.78 is 53.9. The number of aliphatic hydroxyl groups excluding tert-OH is 1. The quantitative estimate of drug-likeness (QED) is 0.806. The Kier molecular flexibility index (Phi) is 5.00. The third-order valence-electron chi connectivity index (χ3n) is 2.16. The van der Waals surface area contributed by atoms with E-state index in [1.165, 1.54) is 25.3 Å². The number of halogens is 2. The van der Waals surface area contributed by atoms with Gasteiger partial charge in [0, 0.05) is 5.56 Å². The Balaban J connectivity index is 3.02. The number of hydrogen-bond acceptors (Lipinski definition) is 4. The first-order valence-corrected chi connectivity index (χ1v) is 6.44. The molecule has 0 saturated heterocycles. The van der Waals surface area contributed by atoms with Crippen LogP contribution in [-0.4, -0.2) is 33.6 Å². The maximum Gasteiger partial charge on any atom is 0.251 e. The fourth-order valence-corrected chi connectivity index (χ4v) is 2.36. The second-order valence-corrected chi connectivity index (χ2v) is 5.14. The van der Waals surface area contributed by atoms with Crippen LogP contribution in [0.5, 0.6) is 5.75 Å². The zero-order chi connectivity index (χ0) is 13.8. The minimum absolute atomic E-state index is 0.201. The molecule has 1 rings (SSSR count). The van der Waals surface area contributed by atoms with Crippen LogP contribution in [0.4, 0.5) is 8.78 Å². The van der Waals surface area contributed by atoms with Gasteiger partial charge in [0.15, 0.2) is 0 Å². The van der Waals surface area contributed by atoms with E-state index in [4.69, 9.17) is 9.84 Å². The van der Waals surface area contributed by atoms with Crippen molar-refractivity contribution in [1.82, 2.24) is 4.72 Å². The highest BCUT2D eigenvalue weighted by Crippen LogP contribution is 2.22. The summed E-state index contributed by atoms with van der Waals surface area (Å²) in [5.41, 5.74) is 0.262. The summed E-state index contributed by atoms with van der Waals surface area (Å²) in [5, 5.41) is 9.04. The van der Waals surface area contributed by atoms with E-state index in [9.17, 15) is 17.2 Å². The molecule has 0 bridgehead atoms. The van der Waals surface area contributed by atoms with Crippen LogP contribution in [0.15, 0.2) is 23.1 Å². The summed E-state index contributed by atoms with van der Waals surface area (Å²) in [6, 6.07) is 3.74. The zero-order valence-electron chi connectivity index (χ0n) is 9.56. The molecular formula is C10H13F2NO4S. The molecule has 1 aromatic rings. The fraction of sp³-hybridized carbons (Fsp3) is 0.400. The van der Waals surface area contributed by atoms with Crippen LogP contribution in [0.3, 0.4) is 0 Å². The van der Waals surface area contributed by atoms with Gasteiger partial charge in [-0.2, -0.15) is 0 Å². The predicted molar refractivity (Wildman–Crippen MR) is 60.1 cm³/mol. The average molecular weight is 281 g/mol. The topological polar surface area (TPSA) is 75.6 Å². The summed E-state index contributed by atoms with van der Waals surface area (Å²) in [6.45, 7) is -1.37. The van der Waals surface area contributed by atoms with Gasteiger partial charge in [-0.25, -0.2) is 21.9 Å². The Morgan fingerprint density at radius 1 is 1.44 bits per heavy atom. The third kappa shape index (κ3) is 3.62. The highest BCUT2D eigenvalue weighted by molar-refractivity contribution is 7.89. The highest BCUT2D eigenvalue weighted by Gasteiger charge is 2.17. The lowest BCUT2D eigenvalue weighted by atomic mass is 10.2. The first-order valence-electron chi connectivity index (χ1n) is 4.96. The van der Waals surface area contributed by atoms with Gasteiger partial charge in [-0.15, -0.1) is 0 Å². The van der Waals surface area contributed by atoms with Gasteiger partial charge in [0.25, 0.3) is 6.43 Å². The van der Waals surface area contributed by atoms with Gasteiger partial charge in [0.05, 0.1) is 25.2 Å². The lowest BCUT2D eigenvalue weighted by Gasteiger charge is -2.10. The first kappa shape index (κ1) is 14.8. The minimum Gasteiger partial charge on any atom is -0.496 e. The van der Waals surface area contributed by atoms with Crippen LogP contribution >= 0.6 is 0 Å². The van der Waals surface area contributed by atoms with Crippen LogP contribution in [0, 0.1) is 0 Å². The smallest absolute Gasteiger partial charge is 0.251 e. The van der Waals surface area contributed by atoms with Gasteiger partial charge in [-0.3, -0.25) is 0 Å². The summed E-state index contributed by atoms with van der Waals surface area (Å²) in [7, 11) is -2.64. The molecular weight excluding hydrogens is 268 g/mol. The Hall–Kier alpha value is -1.25. The molecule has 0 aromatic heterocycles. The summed E-state index contributed by atoms with van der Waals surface area (Å²) in [4.78, 5) is -0.201. The first-order chi connectivity index (χ1) is 8.40. The monoisotopic (exact) mass is 281 g/mol. The van der Waals surface area contributed by atoms with Gasteiger partial charge in [0.1, 0.15) is 5.75 Å². The number of benzene rings is 1. The van der Waals surface area contributed by atoms with Crippen LogP contribution in [0.25, 0.3) is 0 Å². The minimum atomic E-state index is -4.01. The van der Waals surface area contributed by atoms with Crippen molar-refractivity contribution in [3.8, 4) is 5.75 Å². The Morgan fingerprint density at radius 3 is 2.61 bits per heavy atom. The standard InChI is InChI=1S/C10H13F2NO4S/c1-17-9-3-2-8(4-7(9)6-14)18(15,16)13-5-10(11)12/h2-4,10,13-14H,5-6H2,1H3. The average Bonchev–Trinajstić information content (AvgIpc) is 2.35. The molecule has 2 N–H and O–H groups in total. The van der Waals surface area contributed by atoms with Crippen molar-refractivity contribution in [3.63, 3.8) is 0 Å². The Bertz CT molecular complexity index is 505. The number of sulfonamides is 1. The lowest BCUT2D eigenvalue weighted by Crippen LogP contribution is -2.28. The highest BCUT2D eigenvalue weighted by atomic mass is 32.2. The fourth-order valence-electron chi connectivity index (χ4n) is 1.30. The normalized spacial score (nSPS) is 11.8. The predicted octanol–water partition coefficient (Wildman–Crippen LogP) is 0.731. The molecule has 0 heterocycles. The largest absolute Gasteiger partial charge is 0.496 e. The van der Waals surface area contributed by atoms with Gasteiger partial charge < -0.3 is 9.84 Å². The maximum atomic E-state index is 12.0. The molecule has 0 atom stereocenters.